The van der Waals surface area contributed by atoms with Crippen LogP contribution in [0.1, 0.15) is 62.5 Å². The molecular weight excluding hydrogens is 460 g/mol. The molecule has 180 valence electrons. The normalized spacial score (nSPS) is 10.8. The second-order valence-electron chi connectivity index (χ2n) is 8.34. The quantitative estimate of drug-likeness (QED) is 0.394. The van der Waals surface area contributed by atoms with Gasteiger partial charge in [-0.3, -0.25) is 14.4 Å². The number of nitrogens with zero attached hydrogens (tertiary/aromatic N) is 2. The molecule has 33 heavy (non-hydrogen) atoms. The maximum absolute atomic E-state index is 13.0. The highest BCUT2D eigenvalue weighted by Gasteiger charge is 2.22. The number of carbonyl (C=O) groups is 3. The van der Waals surface area contributed by atoms with Crippen LogP contribution in [-0.2, 0) is 16.0 Å². The van der Waals surface area contributed by atoms with Crippen molar-refractivity contribution in [3.63, 3.8) is 0 Å². The predicted molar refractivity (Wildman–Crippen MR) is 134 cm³/mol. The number of halogens is 1. The minimum Gasteiger partial charge on any atom is -0.356 e. The van der Waals surface area contributed by atoms with Gasteiger partial charge < -0.3 is 15.5 Å². The van der Waals surface area contributed by atoms with E-state index >= 15 is 0 Å². The van der Waals surface area contributed by atoms with E-state index in [0.717, 1.165) is 19.3 Å². The molecule has 0 unspecified atom stereocenters. The first kappa shape index (κ1) is 26.8. The van der Waals surface area contributed by atoms with Gasteiger partial charge in [0, 0.05) is 18.5 Å². The van der Waals surface area contributed by atoms with Crippen LogP contribution >= 0.6 is 22.9 Å². The summed E-state index contributed by atoms with van der Waals surface area (Å²) in [6, 6.07) is 6.80. The van der Waals surface area contributed by atoms with E-state index in [1.165, 1.54) is 22.7 Å². The van der Waals surface area contributed by atoms with Crippen molar-refractivity contribution in [1.29, 1.82) is 0 Å². The molecule has 0 spiro atoms. The summed E-state index contributed by atoms with van der Waals surface area (Å²) < 4.78 is 0. The summed E-state index contributed by atoms with van der Waals surface area (Å²) in [7, 11) is 0. The smallest absolute Gasteiger partial charge is 0.255 e. The maximum Gasteiger partial charge on any atom is 0.255 e. The summed E-state index contributed by atoms with van der Waals surface area (Å²) in [5.74, 6) is -0.545. The fourth-order valence-corrected chi connectivity index (χ4v) is 4.19. The number of benzene rings is 1. The van der Waals surface area contributed by atoms with Crippen LogP contribution in [-0.4, -0.2) is 47.2 Å². The van der Waals surface area contributed by atoms with E-state index in [4.69, 9.17) is 11.6 Å². The molecule has 0 fully saturated rings. The zero-order valence-electron chi connectivity index (χ0n) is 19.5. The van der Waals surface area contributed by atoms with Crippen LogP contribution in [0.2, 0.25) is 5.02 Å². The number of anilines is 1. The number of rotatable bonds is 13. The van der Waals surface area contributed by atoms with E-state index in [0.29, 0.717) is 34.5 Å². The number of amides is 3. The van der Waals surface area contributed by atoms with Crippen molar-refractivity contribution in [3.8, 4) is 0 Å². The molecule has 0 saturated carbocycles. The number of unbranched alkanes of at least 4 members (excludes halogenated alkanes) is 3. The lowest BCUT2D eigenvalue weighted by Crippen LogP contribution is -2.40. The Morgan fingerprint density at radius 3 is 2.58 bits per heavy atom. The molecule has 3 amide bonds. The van der Waals surface area contributed by atoms with E-state index in [-0.39, 0.29) is 36.6 Å². The Balaban J connectivity index is 1.90. The van der Waals surface area contributed by atoms with Gasteiger partial charge in [-0.1, -0.05) is 63.8 Å². The first-order valence-electron chi connectivity index (χ1n) is 11.3. The number of hydrogen-bond acceptors (Lipinski definition) is 5. The summed E-state index contributed by atoms with van der Waals surface area (Å²) in [4.78, 5) is 43.5. The Morgan fingerprint density at radius 1 is 1.12 bits per heavy atom. The minimum atomic E-state index is -0.350. The Bertz CT molecular complexity index is 932. The van der Waals surface area contributed by atoms with Crippen molar-refractivity contribution in [1.82, 2.24) is 15.2 Å². The molecule has 0 radical (unpaired) electrons. The van der Waals surface area contributed by atoms with Gasteiger partial charge in [-0.15, -0.1) is 11.3 Å². The molecule has 0 aliphatic carbocycles. The molecule has 2 N–H and O–H groups in total. The van der Waals surface area contributed by atoms with Gasteiger partial charge in [-0.25, -0.2) is 4.98 Å². The molecule has 0 aliphatic heterocycles. The Kier molecular flexibility index (Phi) is 11.3. The number of hydrogen-bond donors (Lipinski definition) is 2. The van der Waals surface area contributed by atoms with Crippen molar-refractivity contribution in [2.24, 2.45) is 5.92 Å². The van der Waals surface area contributed by atoms with Gasteiger partial charge >= 0.3 is 0 Å². The summed E-state index contributed by atoms with van der Waals surface area (Å²) >= 11 is 7.43. The molecule has 0 aliphatic rings. The van der Waals surface area contributed by atoms with Crippen LogP contribution in [0.3, 0.4) is 0 Å². The molecule has 0 saturated heterocycles. The van der Waals surface area contributed by atoms with Gasteiger partial charge in [-0.2, -0.15) is 0 Å². The Labute approximate surface area is 204 Å². The highest BCUT2D eigenvalue weighted by molar-refractivity contribution is 7.13. The maximum atomic E-state index is 13.0. The summed E-state index contributed by atoms with van der Waals surface area (Å²) in [6.45, 7) is 7.07. The zero-order chi connectivity index (χ0) is 24.2. The third kappa shape index (κ3) is 9.52. The predicted octanol–water partition coefficient (Wildman–Crippen LogP) is 4.77. The Hall–Kier alpha value is -2.45. The van der Waals surface area contributed by atoms with Gasteiger partial charge in [-0.05, 0) is 24.5 Å². The topological polar surface area (TPSA) is 91.4 Å². The van der Waals surface area contributed by atoms with E-state index in [1.807, 2.05) is 13.8 Å². The molecule has 1 aromatic carbocycles. The van der Waals surface area contributed by atoms with Gasteiger partial charge in [0.2, 0.25) is 11.8 Å². The van der Waals surface area contributed by atoms with E-state index < -0.39 is 0 Å². The summed E-state index contributed by atoms with van der Waals surface area (Å²) in [5, 5.41) is 8.15. The van der Waals surface area contributed by atoms with Gasteiger partial charge in [0.1, 0.15) is 6.54 Å². The number of thiazole rings is 1. The van der Waals surface area contributed by atoms with E-state index in [1.54, 1.807) is 29.6 Å². The van der Waals surface area contributed by atoms with E-state index in [2.05, 4.69) is 22.5 Å². The first-order chi connectivity index (χ1) is 15.8. The molecule has 0 bridgehead atoms. The second-order valence-corrected chi connectivity index (χ2v) is 9.60. The molecule has 2 rings (SSSR count). The van der Waals surface area contributed by atoms with Crippen molar-refractivity contribution in [3.05, 3.63) is 45.9 Å². The minimum absolute atomic E-state index is 0.0804. The SMILES string of the molecule is CCCCCCNC(=O)Cc1csc(NC(=O)CN(CC(C)C)C(=O)c2ccccc2Cl)n1. The monoisotopic (exact) mass is 492 g/mol. The third-order valence-electron chi connectivity index (χ3n) is 4.80. The summed E-state index contributed by atoms with van der Waals surface area (Å²) in [5.41, 5.74) is 0.970. The van der Waals surface area contributed by atoms with Crippen molar-refractivity contribution in [2.45, 2.75) is 52.9 Å². The fourth-order valence-electron chi connectivity index (χ4n) is 3.25. The largest absolute Gasteiger partial charge is 0.356 e. The number of carbonyl (C=O) groups excluding carboxylic acids is 3. The molecule has 9 heteroatoms. The number of nitrogens with one attached hydrogen (secondary N) is 2. The second kappa shape index (κ2) is 14.0. The van der Waals surface area contributed by atoms with Gasteiger partial charge in [0.15, 0.2) is 5.13 Å². The van der Waals surface area contributed by atoms with Crippen LogP contribution in [0, 0.1) is 5.92 Å². The van der Waals surface area contributed by atoms with Crippen LogP contribution in [0.25, 0.3) is 0 Å². The average Bonchev–Trinajstić information content (AvgIpc) is 3.19. The molecule has 2 aromatic rings. The molecular formula is C24H33ClN4O3S. The van der Waals surface area contributed by atoms with Crippen molar-refractivity contribution < 1.29 is 14.4 Å². The number of aromatic nitrogens is 1. The van der Waals surface area contributed by atoms with Crippen molar-refractivity contribution in [2.75, 3.05) is 25.0 Å². The highest BCUT2D eigenvalue weighted by atomic mass is 35.5. The third-order valence-corrected chi connectivity index (χ3v) is 5.94. The van der Waals surface area contributed by atoms with Gasteiger partial charge in [0.25, 0.3) is 5.91 Å². The highest BCUT2D eigenvalue weighted by Crippen LogP contribution is 2.19. The molecule has 0 atom stereocenters. The van der Waals surface area contributed by atoms with Crippen LogP contribution in [0.15, 0.2) is 29.6 Å². The first-order valence-corrected chi connectivity index (χ1v) is 12.6. The van der Waals surface area contributed by atoms with Crippen LogP contribution in [0.5, 0.6) is 0 Å². The average molecular weight is 493 g/mol. The molecule has 7 nitrogen and oxygen atoms in total. The lowest BCUT2D eigenvalue weighted by molar-refractivity contribution is -0.120. The fraction of sp³-hybridized carbons (Fsp3) is 0.500. The molecule has 1 aromatic heterocycles. The Morgan fingerprint density at radius 2 is 1.88 bits per heavy atom. The molecule has 1 heterocycles. The van der Waals surface area contributed by atoms with Gasteiger partial charge in [0.05, 0.1) is 22.7 Å². The van der Waals surface area contributed by atoms with Crippen LogP contribution in [0.4, 0.5) is 5.13 Å². The summed E-state index contributed by atoms with van der Waals surface area (Å²) in [6.07, 6.45) is 4.58. The lowest BCUT2D eigenvalue weighted by Gasteiger charge is -2.24. The van der Waals surface area contributed by atoms with Crippen molar-refractivity contribution >= 4 is 45.8 Å². The zero-order valence-corrected chi connectivity index (χ0v) is 21.1. The van der Waals surface area contributed by atoms with Crippen LogP contribution < -0.4 is 10.6 Å². The standard InChI is InChI=1S/C24H33ClN4O3S/c1-4-5-6-9-12-26-21(30)13-18-16-33-24(27-18)28-22(31)15-29(14-17(2)3)23(32)19-10-7-8-11-20(19)25/h7-8,10-11,16-17H,4-6,9,12-15H2,1-3H3,(H,26,30)(H,27,28,31). The van der Waals surface area contributed by atoms with E-state index in [9.17, 15) is 14.4 Å². The lowest BCUT2D eigenvalue weighted by atomic mass is 10.1.